The molecular weight excluding hydrogens is 967 g/mol. The average Bonchev–Trinajstić information content (AvgIpc) is 3.43. The molecule has 6 N–H and O–H groups in total. The normalized spacial score (nSPS) is 18.9. The molecule has 0 aliphatic carbocycles. The van der Waals surface area contributed by atoms with Crippen molar-refractivity contribution in [1.29, 1.82) is 0 Å². The number of amides is 1. The number of nitrogens with one attached hydrogen (secondary N) is 1. The number of allylic oxidation sites excluding steroid dienone is 7. The van der Waals surface area contributed by atoms with E-state index in [2.05, 4.69) is 55.6 Å². The molecule has 0 bridgehead atoms. The molecule has 0 aromatic carbocycles. The third-order valence-corrected chi connectivity index (χ3v) is 15.1. The predicted octanol–water partition coefficient (Wildman–Crippen LogP) is 15.6. The molecule has 11 nitrogen and oxygen atoms in total. The fourth-order valence-electron chi connectivity index (χ4n) is 9.99. The third kappa shape index (κ3) is 45.0. The highest BCUT2D eigenvalue weighted by Crippen LogP contribution is 2.23. The largest absolute Gasteiger partial charge is 0.466 e. The van der Waals surface area contributed by atoms with Gasteiger partial charge in [0.2, 0.25) is 5.91 Å². The molecular formula is C66H121NO10. The summed E-state index contributed by atoms with van der Waals surface area (Å²) in [6, 6.07) is -0.840. The molecule has 1 aliphatic heterocycles. The van der Waals surface area contributed by atoms with Crippen molar-refractivity contribution < 1.29 is 49.3 Å². The number of carbonyl (C=O) groups excluding carboxylic acids is 2. The molecule has 11 heteroatoms. The maximum absolute atomic E-state index is 13.1. The zero-order chi connectivity index (χ0) is 55.9. The van der Waals surface area contributed by atoms with E-state index in [1.807, 2.05) is 6.08 Å². The molecule has 7 unspecified atom stereocenters. The van der Waals surface area contributed by atoms with Gasteiger partial charge in [-0.05, 0) is 83.5 Å². The highest BCUT2D eigenvalue weighted by molar-refractivity contribution is 5.76. The molecule has 1 rings (SSSR count). The Hall–Kier alpha value is -2.38. The molecule has 1 heterocycles. The second-order valence-corrected chi connectivity index (χ2v) is 22.4. The standard InChI is InChI=1S/C66H121NO10/c1-3-5-7-9-11-13-15-16-26-29-33-36-40-44-48-52-59(69)58(57-76-66-65(74)64(73)63(72)60(56-68)77-66)67-61(70)53-49-45-41-37-34-30-27-24-22-20-18-17-19-21-23-25-28-31-35-39-43-47-51-55-75-62(71)54-50-46-42-38-32-14-12-10-8-6-4-2/h15-16,20,22,33,36,48,52,58-60,63-66,68-69,72-74H,3-14,17-19,21,23-32,34-35,37-47,49-51,53-57H2,1-2H3,(H,67,70)/b16-15+,22-20-,36-33+,52-48+. The van der Waals surface area contributed by atoms with Crippen molar-refractivity contribution in [2.24, 2.45) is 0 Å². The quantitative estimate of drug-likeness (QED) is 0.0195. The minimum Gasteiger partial charge on any atom is -0.466 e. The Bertz CT molecular complexity index is 1420. The number of carbonyl (C=O) groups is 2. The molecule has 0 radical (unpaired) electrons. The minimum absolute atomic E-state index is 0.00147. The van der Waals surface area contributed by atoms with Crippen LogP contribution in [0.5, 0.6) is 0 Å². The molecule has 1 amide bonds. The Morgan fingerprint density at radius 2 is 0.844 bits per heavy atom. The number of esters is 1. The zero-order valence-corrected chi connectivity index (χ0v) is 49.7. The second-order valence-electron chi connectivity index (χ2n) is 22.4. The van der Waals surface area contributed by atoms with Crippen LogP contribution in [-0.4, -0.2) is 100 Å². The first-order valence-corrected chi connectivity index (χ1v) is 32.4. The summed E-state index contributed by atoms with van der Waals surface area (Å²) in [6.07, 6.45) is 60.7. The highest BCUT2D eigenvalue weighted by Gasteiger charge is 2.44. The lowest BCUT2D eigenvalue weighted by Gasteiger charge is -2.40. The van der Waals surface area contributed by atoms with E-state index in [4.69, 9.17) is 14.2 Å². The van der Waals surface area contributed by atoms with Gasteiger partial charge >= 0.3 is 5.97 Å². The van der Waals surface area contributed by atoms with Crippen LogP contribution in [0.2, 0.25) is 0 Å². The molecule has 0 aromatic heterocycles. The van der Waals surface area contributed by atoms with Crippen LogP contribution in [0.3, 0.4) is 0 Å². The maximum atomic E-state index is 13.1. The number of aliphatic hydroxyl groups excluding tert-OH is 5. The molecule has 0 saturated carbocycles. The predicted molar refractivity (Wildman–Crippen MR) is 320 cm³/mol. The first-order valence-electron chi connectivity index (χ1n) is 32.4. The van der Waals surface area contributed by atoms with Crippen molar-refractivity contribution in [3.8, 4) is 0 Å². The van der Waals surface area contributed by atoms with Crippen LogP contribution in [0.15, 0.2) is 48.6 Å². The fraction of sp³-hybridized carbons (Fsp3) is 0.848. The zero-order valence-electron chi connectivity index (χ0n) is 49.7. The van der Waals surface area contributed by atoms with Gasteiger partial charge in [-0.15, -0.1) is 0 Å². The van der Waals surface area contributed by atoms with Crippen molar-refractivity contribution in [2.45, 2.75) is 339 Å². The second kappa shape index (κ2) is 55.5. The lowest BCUT2D eigenvalue weighted by molar-refractivity contribution is -0.302. The van der Waals surface area contributed by atoms with E-state index in [9.17, 15) is 35.1 Å². The smallest absolute Gasteiger partial charge is 0.305 e. The first kappa shape index (κ1) is 72.6. The number of hydrogen-bond acceptors (Lipinski definition) is 10. The molecule has 77 heavy (non-hydrogen) atoms. The van der Waals surface area contributed by atoms with Gasteiger partial charge in [-0.3, -0.25) is 9.59 Å². The highest BCUT2D eigenvalue weighted by atomic mass is 16.7. The fourth-order valence-corrected chi connectivity index (χ4v) is 9.99. The number of unbranched alkanes of at least 4 members (excludes halogenated alkanes) is 36. The molecule has 1 saturated heterocycles. The van der Waals surface area contributed by atoms with Gasteiger partial charge in [0.25, 0.3) is 0 Å². The number of ether oxygens (including phenoxy) is 3. The SMILES string of the molecule is CCCCCCC/C=C/CC/C=C/CC/C=C/C(O)C(COC1OC(CO)C(O)C(O)C1O)NC(=O)CCCCCCCCC/C=C\CCCCCCCCCCCCCCOC(=O)CCCCCCCCCCCCC. The Kier molecular flexibility index (Phi) is 52.4. The molecule has 7 atom stereocenters. The van der Waals surface area contributed by atoms with Crippen LogP contribution < -0.4 is 5.32 Å². The Balaban J connectivity index is 2.09. The Morgan fingerprint density at radius 1 is 0.468 bits per heavy atom. The van der Waals surface area contributed by atoms with Gasteiger partial charge in [0.05, 0.1) is 32.0 Å². The molecule has 1 fully saturated rings. The van der Waals surface area contributed by atoms with Gasteiger partial charge in [-0.1, -0.05) is 249 Å². The van der Waals surface area contributed by atoms with Crippen molar-refractivity contribution >= 4 is 11.9 Å². The molecule has 0 aromatic rings. The van der Waals surface area contributed by atoms with Crippen LogP contribution >= 0.6 is 0 Å². The Labute approximate surface area is 472 Å². The van der Waals surface area contributed by atoms with Gasteiger partial charge in [-0.2, -0.15) is 0 Å². The average molecular weight is 1090 g/mol. The van der Waals surface area contributed by atoms with Gasteiger partial charge in [0, 0.05) is 12.8 Å². The van der Waals surface area contributed by atoms with Gasteiger partial charge in [-0.25, -0.2) is 0 Å². The summed E-state index contributed by atoms with van der Waals surface area (Å²) in [7, 11) is 0. The van der Waals surface area contributed by atoms with E-state index >= 15 is 0 Å². The summed E-state index contributed by atoms with van der Waals surface area (Å²) in [5.74, 6) is -0.204. The van der Waals surface area contributed by atoms with E-state index in [0.717, 1.165) is 83.5 Å². The molecule has 1 aliphatic rings. The van der Waals surface area contributed by atoms with E-state index < -0.39 is 49.5 Å². The van der Waals surface area contributed by atoms with Crippen LogP contribution in [0.25, 0.3) is 0 Å². The monoisotopic (exact) mass is 1090 g/mol. The van der Waals surface area contributed by atoms with Crippen LogP contribution in [0, 0.1) is 0 Å². The summed E-state index contributed by atoms with van der Waals surface area (Å²) in [5.41, 5.74) is 0. The lowest BCUT2D eigenvalue weighted by Crippen LogP contribution is -2.60. The van der Waals surface area contributed by atoms with Crippen molar-refractivity contribution in [1.82, 2.24) is 5.32 Å². The topological polar surface area (TPSA) is 175 Å². The van der Waals surface area contributed by atoms with Gasteiger partial charge < -0.3 is 45.1 Å². The van der Waals surface area contributed by atoms with E-state index in [1.165, 1.54) is 186 Å². The minimum atomic E-state index is -1.58. The van der Waals surface area contributed by atoms with E-state index in [-0.39, 0.29) is 18.5 Å². The summed E-state index contributed by atoms with van der Waals surface area (Å²) in [5, 5.41) is 54.4. The summed E-state index contributed by atoms with van der Waals surface area (Å²) in [6.45, 7) is 4.31. The van der Waals surface area contributed by atoms with E-state index in [0.29, 0.717) is 19.4 Å². The van der Waals surface area contributed by atoms with Crippen molar-refractivity contribution in [2.75, 3.05) is 19.8 Å². The molecule has 0 spiro atoms. The lowest BCUT2D eigenvalue weighted by atomic mass is 9.99. The summed E-state index contributed by atoms with van der Waals surface area (Å²) in [4.78, 5) is 25.1. The van der Waals surface area contributed by atoms with Crippen molar-refractivity contribution in [3.05, 3.63) is 48.6 Å². The number of hydrogen-bond donors (Lipinski definition) is 6. The van der Waals surface area contributed by atoms with Gasteiger partial charge in [0.1, 0.15) is 24.4 Å². The first-order chi connectivity index (χ1) is 37.7. The summed E-state index contributed by atoms with van der Waals surface area (Å²) < 4.78 is 16.7. The van der Waals surface area contributed by atoms with Gasteiger partial charge in [0.15, 0.2) is 6.29 Å². The maximum Gasteiger partial charge on any atom is 0.305 e. The number of rotatable bonds is 56. The van der Waals surface area contributed by atoms with Crippen LogP contribution in [-0.2, 0) is 23.8 Å². The third-order valence-electron chi connectivity index (χ3n) is 15.1. The van der Waals surface area contributed by atoms with Crippen molar-refractivity contribution in [3.63, 3.8) is 0 Å². The van der Waals surface area contributed by atoms with Crippen LogP contribution in [0.1, 0.15) is 296 Å². The van der Waals surface area contributed by atoms with E-state index in [1.54, 1.807) is 6.08 Å². The summed E-state index contributed by atoms with van der Waals surface area (Å²) >= 11 is 0. The molecule has 450 valence electrons. The number of aliphatic hydroxyl groups is 5. The van der Waals surface area contributed by atoms with Crippen LogP contribution in [0.4, 0.5) is 0 Å². The Morgan fingerprint density at radius 3 is 1.29 bits per heavy atom.